The Balaban J connectivity index is 2.38. The molecule has 104 valence electrons. The lowest BCUT2D eigenvalue weighted by molar-refractivity contribution is 0.610. The molecule has 2 heterocycles. The molecule has 0 aliphatic rings. The molecule has 0 bridgehead atoms. The molecule has 0 radical (unpaired) electrons. The molecule has 0 fully saturated rings. The van der Waals surface area contributed by atoms with Gasteiger partial charge in [-0.1, -0.05) is 11.6 Å². The van der Waals surface area contributed by atoms with Crippen molar-refractivity contribution in [3.05, 3.63) is 41.3 Å². The SMILES string of the molecule is Cc1ccn(-c2c(Cl)ccc3c(S(=O)(=O)Cl)c[nH]c23)n1. The fourth-order valence-electron chi connectivity index (χ4n) is 2.10. The van der Waals surface area contributed by atoms with Gasteiger partial charge in [-0.15, -0.1) is 0 Å². The smallest absolute Gasteiger partial charge is 0.263 e. The number of rotatable bonds is 2. The summed E-state index contributed by atoms with van der Waals surface area (Å²) in [5.41, 5.74) is 1.98. The normalized spacial score (nSPS) is 12.2. The first-order valence-electron chi connectivity index (χ1n) is 5.65. The van der Waals surface area contributed by atoms with Crippen LogP contribution < -0.4 is 0 Å². The number of hydrogen-bond donors (Lipinski definition) is 1. The number of nitrogens with zero attached hydrogens (tertiary/aromatic N) is 2. The van der Waals surface area contributed by atoms with Gasteiger partial charge in [0, 0.05) is 28.5 Å². The van der Waals surface area contributed by atoms with Gasteiger partial charge in [-0.2, -0.15) is 5.10 Å². The summed E-state index contributed by atoms with van der Waals surface area (Å²) < 4.78 is 24.7. The number of aryl methyl sites for hydroxylation is 1. The third-order valence-corrected chi connectivity index (χ3v) is 4.62. The van der Waals surface area contributed by atoms with E-state index in [1.165, 1.54) is 6.20 Å². The number of benzene rings is 1. The molecule has 1 N–H and O–H groups in total. The maximum Gasteiger partial charge on any atom is 0.263 e. The summed E-state index contributed by atoms with van der Waals surface area (Å²) in [4.78, 5) is 2.93. The number of aromatic amines is 1. The number of halogens is 2. The maximum absolute atomic E-state index is 11.5. The van der Waals surface area contributed by atoms with E-state index >= 15 is 0 Å². The Morgan fingerprint density at radius 2 is 2.05 bits per heavy atom. The van der Waals surface area contributed by atoms with Crippen LogP contribution in [0.4, 0.5) is 0 Å². The fraction of sp³-hybridized carbons (Fsp3) is 0.0833. The average Bonchev–Trinajstić information content (AvgIpc) is 2.94. The van der Waals surface area contributed by atoms with Gasteiger partial charge in [0.1, 0.15) is 10.6 Å². The van der Waals surface area contributed by atoms with Gasteiger partial charge >= 0.3 is 0 Å². The highest BCUT2D eigenvalue weighted by Crippen LogP contribution is 2.33. The molecule has 5 nitrogen and oxygen atoms in total. The van der Waals surface area contributed by atoms with Crippen LogP contribution in [0.1, 0.15) is 5.69 Å². The number of H-pyrrole nitrogens is 1. The molecule has 0 spiro atoms. The molecule has 8 heteroatoms. The van der Waals surface area contributed by atoms with E-state index in [0.717, 1.165) is 5.69 Å². The lowest BCUT2D eigenvalue weighted by Crippen LogP contribution is -1.98. The lowest BCUT2D eigenvalue weighted by atomic mass is 10.2. The predicted octanol–water partition coefficient (Wildman–Crippen LogP) is 3.24. The minimum Gasteiger partial charge on any atom is -0.358 e. The molecule has 20 heavy (non-hydrogen) atoms. The molecule has 0 saturated carbocycles. The number of fused-ring (bicyclic) bond motifs is 1. The van der Waals surface area contributed by atoms with Crippen LogP contribution >= 0.6 is 22.3 Å². The number of hydrogen-bond acceptors (Lipinski definition) is 3. The summed E-state index contributed by atoms with van der Waals surface area (Å²) in [7, 11) is 1.59. The molecule has 0 atom stereocenters. The van der Waals surface area contributed by atoms with E-state index in [4.69, 9.17) is 22.3 Å². The number of nitrogens with one attached hydrogen (secondary N) is 1. The van der Waals surface area contributed by atoms with Crippen LogP contribution in [0, 0.1) is 6.92 Å². The highest BCUT2D eigenvalue weighted by Gasteiger charge is 2.19. The standard InChI is InChI=1S/C12H9Cl2N3O2S/c1-7-4-5-17(16-7)12-9(13)3-2-8-10(20(14,18)19)6-15-11(8)12/h2-6,15H,1H3. The largest absolute Gasteiger partial charge is 0.358 e. The third kappa shape index (κ3) is 2.09. The van der Waals surface area contributed by atoms with E-state index in [2.05, 4.69) is 10.1 Å². The monoisotopic (exact) mass is 329 g/mol. The van der Waals surface area contributed by atoms with Crippen LogP contribution in [0.15, 0.2) is 35.5 Å². The van der Waals surface area contributed by atoms with Crippen molar-refractivity contribution in [2.24, 2.45) is 0 Å². The van der Waals surface area contributed by atoms with Crippen LogP contribution in [0.5, 0.6) is 0 Å². The van der Waals surface area contributed by atoms with Crippen molar-refractivity contribution in [3.8, 4) is 5.69 Å². The first kappa shape index (κ1) is 13.5. The Kier molecular flexibility index (Phi) is 3.04. The molecule has 0 saturated heterocycles. The van der Waals surface area contributed by atoms with Crippen molar-refractivity contribution >= 4 is 42.2 Å². The van der Waals surface area contributed by atoms with E-state index in [9.17, 15) is 8.42 Å². The topological polar surface area (TPSA) is 67.8 Å². The zero-order chi connectivity index (χ0) is 14.5. The Hall–Kier alpha value is -1.50. The second-order valence-electron chi connectivity index (χ2n) is 4.31. The molecule has 1 aromatic carbocycles. The van der Waals surface area contributed by atoms with Crippen LogP contribution in [0.25, 0.3) is 16.6 Å². The molecule has 3 aromatic rings. The lowest BCUT2D eigenvalue weighted by Gasteiger charge is -2.06. The minimum atomic E-state index is -3.82. The molecule has 0 aliphatic heterocycles. The molecule has 0 unspecified atom stereocenters. The van der Waals surface area contributed by atoms with Gasteiger partial charge in [-0.25, -0.2) is 13.1 Å². The van der Waals surface area contributed by atoms with Gasteiger partial charge in [0.15, 0.2) is 0 Å². The van der Waals surface area contributed by atoms with Gasteiger partial charge in [0.2, 0.25) is 0 Å². The van der Waals surface area contributed by atoms with Gasteiger partial charge in [-0.05, 0) is 25.1 Å². The van der Waals surface area contributed by atoms with Crippen LogP contribution in [-0.4, -0.2) is 23.2 Å². The predicted molar refractivity (Wildman–Crippen MR) is 78.2 cm³/mol. The molecule has 2 aromatic heterocycles. The Morgan fingerprint density at radius 3 is 2.65 bits per heavy atom. The van der Waals surface area contributed by atoms with Crippen molar-refractivity contribution in [2.45, 2.75) is 11.8 Å². The second kappa shape index (κ2) is 4.51. The summed E-state index contributed by atoms with van der Waals surface area (Å²) in [6, 6.07) is 5.07. The maximum atomic E-state index is 11.5. The van der Waals surface area contributed by atoms with E-state index in [1.807, 2.05) is 13.0 Å². The van der Waals surface area contributed by atoms with Gasteiger partial charge in [-0.3, -0.25) is 0 Å². The van der Waals surface area contributed by atoms with Crippen molar-refractivity contribution < 1.29 is 8.42 Å². The van der Waals surface area contributed by atoms with Gasteiger partial charge in [0.05, 0.1) is 16.2 Å². The average molecular weight is 330 g/mol. The molecule has 0 aliphatic carbocycles. The van der Waals surface area contributed by atoms with Crippen molar-refractivity contribution in [2.75, 3.05) is 0 Å². The van der Waals surface area contributed by atoms with E-state index in [-0.39, 0.29) is 4.90 Å². The van der Waals surface area contributed by atoms with Gasteiger partial charge < -0.3 is 4.98 Å². The Labute approximate surface area is 124 Å². The fourth-order valence-corrected chi connectivity index (χ4v) is 3.36. The summed E-state index contributed by atoms with van der Waals surface area (Å²) in [5.74, 6) is 0. The quantitative estimate of drug-likeness (QED) is 0.734. The van der Waals surface area contributed by atoms with Crippen molar-refractivity contribution in [3.63, 3.8) is 0 Å². The van der Waals surface area contributed by atoms with Crippen LogP contribution in [-0.2, 0) is 9.05 Å². The van der Waals surface area contributed by atoms with Crippen molar-refractivity contribution in [1.29, 1.82) is 0 Å². The van der Waals surface area contributed by atoms with Gasteiger partial charge in [0.25, 0.3) is 9.05 Å². The van der Waals surface area contributed by atoms with Crippen LogP contribution in [0.2, 0.25) is 5.02 Å². The summed E-state index contributed by atoms with van der Waals surface area (Å²) in [6.07, 6.45) is 3.11. The molecular weight excluding hydrogens is 321 g/mol. The summed E-state index contributed by atoms with van der Waals surface area (Å²) in [5, 5.41) is 5.23. The zero-order valence-corrected chi connectivity index (χ0v) is 12.6. The summed E-state index contributed by atoms with van der Waals surface area (Å²) in [6.45, 7) is 1.86. The third-order valence-electron chi connectivity index (χ3n) is 2.96. The first-order valence-corrected chi connectivity index (χ1v) is 8.33. The first-order chi connectivity index (χ1) is 9.38. The van der Waals surface area contributed by atoms with E-state index in [1.54, 1.807) is 23.0 Å². The highest BCUT2D eigenvalue weighted by atomic mass is 35.7. The van der Waals surface area contributed by atoms with E-state index < -0.39 is 9.05 Å². The molecule has 3 rings (SSSR count). The second-order valence-corrected chi connectivity index (χ2v) is 7.25. The summed E-state index contributed by atoms with van der Waals surface area (Å²) >= 11 is 6.21. The molecular formula is C12H9Cl2N3O2S. The minimum absolute atomic E-state index is 0.0240. The molecule has 0 amide bonds. The van der Waals surface area contributed by atoms with Crippen LogP contribution in [0.3, 0.4) is 0 Å². The van der Waals surface area contributed by atoms with E-state index in [0.29, 0.717) is 21.6 Å². The Morgan fingerprint density at radius 1 is 1.30 bits per heavy atom. The zero-order valence-electron chi connectivity index (χ0n) is 10.3. The number of aromatic nitrogens is 3. The van der Waals surface area contributed by atoms with Crippen molar-refractivity contribution in [1.82, 2.24) is 14.8 Å². The Bertz CT molecular complexity index is 912. The highest BCUT2D eigenvalue weighted by molar-refractivity contribution is 8.14.